The van der Waals surface area contributed by atoms with E-state index in [0.29, 0.717) is 43.5 Å². The first kappa shape index (κ1) is 31.9. The number of hydrogen-bond donors (Lipinski definition) is 0. The Hall–Kier alpha value is -3.59. The zero-order chi connectivity index (χ0) is 29.1. The lowest BCUT2D eigenvalue weighted by Crippen LogP contribution is -2.46. The SMILES string of the molecule is [C-]#[N+]c1ccc(OCCCN2CCC(N(CCCCCC(=O)OCC)CCCOc3ccc(C#N)cc3)CC2)cc1. The summed E-state index contributed by atoms with van der Waals surface area (Å²) in [5.41, 5.74) is 1.27. The number of piperidine rings is 1. The quantitative estimate of drug-likeness (QED) is 0.121. The molecule has 0 amide bonds. The Morgan fingerprint density at radius 2 is 1.59 bits per heavy atom. The van der Waals surface area contributed by atoms with E-state index in [4.69, 9.17) is 26.0 Å². The van der Waals surface area contributed by atoms with E-state index in [0.717, 1.165) is 89.2 Å². The number of unbranched alkanes of at least 4 members (excludes halogenated alkanes) is 2. The third-order valence-electron chi connectivity index (χ3n) is 7.40. The van der Waals surface area contributed by atoms with Gasteiger partial charge in [-0.25, -0.2) is 4.85 Å². The minimum absolute atomic E-state index is 0.0971. The molecule has 1 saturated heterocycles. The van der Waals surface area contributed by atoms with E-state index in [1.807, 2.05) is 31.2 Å². The standard InChI is InChI=1S/C33H44N4O4/c1-3-39-33(38)9-5-4-6-21-37(22-8-26-41-31-14-10-28(27-34)11-15-31)30-18-23-36(24-19-30)20-7-25-40-32-16-12-29(35-2)13-17-32/h10-17,30H,3-9,18-26H2,1H3. The fourth-order valence-electron chi connectivity index (χ4n) is 5.16. The molecule has 0 saturated carbocycles. The Morgan fingerprint density at radius 3 is 2.22 bits per heavy atom. The molecule has 0 bridgehead atoms. The zero-order valence-corrected chi connectivity index (χ0v) is 24.4. The topological polar surface area (TPSA) is 79.4 Å². The predicted molar refractivity (Wildman–Crippen MR) is 160 cm³/mol. The molecule has 3 rings (SSSR count). The lowest BCUT2D eigenvalue weighted by molar-refractivity contribution is -0.143. The summed E-state index contributed by atoms with van der Waals surface area (Å²) in [6, 6.07) is 17.3. The van der Waals surface area contributed by atoms with Crippen molar-refractivity contribution in [2.45, 2.75) is 64.3 Å². The molecule has 0 aliphatic carbocycles. The monoisotopic (exact) mass is 560 g/mol. The average molecular weight is 561 g/mol. The summed E-state index contributed by atoms with van der Waals surface area (Å²) >= 11 is 0. The highest BCUT2D eigenvalue weighted by atomic mass is 16.5. The first-order valence-corrected chi connectivity index (χ1v) is 15.0. The summed E-state index contributed by atoms with van der Waals surface area (Å²) in [4.78, 5) is 20.2. The van der Waals surface area contributed by atoms with Crippen molar-refractivity contribution in [2.24, 2.45) is 0 Å². The average Bonchev–Trinajstić information content (AvgIpc) is 3.01. The van der Waals surface area contributed by atoms with Gasteiger partial charge in [0.2, 0.25) is 0 Å². The van der Waals surface area contributed by atoms with E-state index in [9.17, 15) is 4.79 Å². The number of likely N-dealkylation sites (tertiary alicyclic amines) is 1. The maximum Gasteiger partial charge on any atom is 0.305 e. The normalized spacial score (nSPS) is 13.9. The van der Waals surface area contributed by atoms with Crippen LogP contribution in [0, 0.1) is 17.9 Å². The minimum Gasteiger partial charge on any atom is -0.494 e. The highest BCUT2D eigenvalue weighted by Gasteiger charge is 2.24. The number of hydrogen-bond acceptors (Lipinski definition) is 7. The molecule has 1 aliphatic heterocycles. The van der Waals surface area contributed by atoms with Crippen LogP contribution >= 0.6 is 0 Å². The van der Waals surface area contributed by atoms with Crippen LogP contribution in [0.2, 0.25) is 0 Å². The van der Waals surface area contributed by atoms with Crippen LogP contribution in [0.3, 0.4) is 0 Å². The second-order valence-corrected chi connectivity index (χ2v) is 10.4. The number of carbonyl (C=O) groups is 1. The number of rotatable bonds is 18. The van der Waals surface area contributed by atoms with Gasteiger partial charge in [0.05, 0.1) is 38.0 Å². The van der Waals surface area contributed by atoms with Crippen molar-refractivity contribution in [1.29, 1.82) is 5.26 Å². The molecule has 41 heavy (non-hydrogen) atoms. The fourth-order valence-corrected chi connectivity index (χ4v) is 5.16. The number of nitriles is 1. The molecule has 8 nitrogen and oxygen atoms in total. The van der Waals surface area contributed by atoms with E-state index in [2.05, 4.69) is 20.7 Å². The van der Waals surface area contributed by atoms with E-state index in [1.165, 1.54) is 0 Å². The van der Waals surface area contributed by atoms with Gasteiger partial charge in [-0.1, -0.05) is 18.6 Å². The van der Waals surface area contributed by atoms with Gasteiger partial charge in [0.15, 0.2) is 5.69 Å². The Kier molecular flexibility index (Phi) is 14.6. The first-order valence-electron chi connectivity index (χ1n) is 15.0. The van der Waals surface area contributed by atoms with Crippen LogP contribution in [-0.4, -0.2) is 74.4 Å². The molecule has 2 aromatic carbocycles. The molecular formula is C33H44N4O4. The molecule has 0 spiro atoms. The van der Waals surface area contributed by atoms with Gasteiger partial charge < -0.3 is 24.0 Å². The fraction of sp³-hybridized carbons (Fsp3) is 0.545. The van der Waals surface area contributed by atoms with Crippen LogP contribution in [0.15, 0.2) is 48.5 Å². The molecule has 0 aromatic heterocycles. The zero-order valence-electron chi connectivity index (χ0n) is 24.4. The van der Waals surface area contributed by atoms with Crippen LogP contribution < -0.4 is 9.47 Å². The van der Waals surface area contributed by atoms with Gasteiger partial charge in [-0.2, -0.15) is 5.26 Å². The van der Waals surface area contributed by atoms with E-state index in [1.54, 1.807) is 24.3 Å². The second-order valence-electron chi connectivity index (χ2n) is 10.4. The van der Waals surface area contributed by atoms with Gasteiger partial charge in [0, 0.05) is 25.6 Å². The maximum absolute atomic E-state index is 11.7. The van der Waals surface area contributed by atoms with Crippen LogP contribution in [-0.2, 0) is 9.53 Å². The number of ether oxygens (including phenoxy) is 3. The Balaban J connectivity index is 1.38. The van der Waals surface area contributed by atoms with Crippen molar-refractivity contribution >= 4 is 11.7 Å². The largest absolute Gasteiger partial charge is 0.494 e. The summed E-state index contributed by atoms with van der Waals surface area (Å²) < 4.78 is 16.8. The lowest BCUT2D eigenvalue weighted by Gasteiger charge is -2.38. The summed E-state index contributed by atoms with van der Waals surface area (Å²) in [7, 11) is 0. The Morgan fingerprint density at radius 1 is 0.951 bits per heavy atom. The molecule has 1 aliphatic rings. The first-order chi connectivity index (χ1) is 20.1. The summed E-state index contributed by atoms with van der Waals surface area (Å²) in [6.45, 7) is 15.9. The van der Waals surface area contributed by atoms with Gasteiger partial charge in [-0.15, -0.1) is 0 Å². The van der Waals surface area contributed by atoms with Crippen molar-refractivity contribution in [1.82, 2.24) is 9.80 Å². The van der Waals surface area contributed by atoms with Gasteiger partial charge in [0.25, 0.3) is 0 Å². The molecule has 1 heterocycles. The van der Waals surface area contributed by atoms with Crippen LogP contribution in [0.1, 0.15) is 63.9 Å². The van der Waals surface area contributed by atoms with Crippen molar-refractivity contribution in [3.63, 3.8) is 0 Å². The molecule has 220 valence electrons. The van der Waals surface area contributed by atoms with Gasteiger partial charge >= 0.3 is 5.97 Å². The van der Waals surface area contributed by atoms with Crippen molar-refractivity contribution in [3.05, 3.63) is 65.5 Å². The van der Waals surface area contributed by atoms with Crippen LogP contribution in [0.5, 0.6) is 11.5 Å². The molecule has 0 atom stereocenters. The van der Waals surface area contributed by atoms with Gasteiger partial charge in [-0.3, -0.25) is 4.79 Å². The van der Waals surface area contributed by atoms with Crippen molar-refractivity contribution < 1.29 is 19.0 Å². The van der Waals surface area contributed by atoms with Crippen molar-refractivity contribution in [3.8, 4) is 17.6 Å². The molecule has 0 radical (unpaired) electrons. The Bertz CT molecular complexity index is 1100. The summed E-state index contributed by atoms with van der Waals surface area (Å²) in [5.74, 6) is 1.52. The van der Waals surface area contributed by atoms with E-state index in [-0.39, 0.29) is 5.97 Å². The smallest absolute Gasteiger partial charge is 0.305 e. The minimum atomic E-state index is -0.0971. The molecular weight excluding hydrogens is 516 g/mol. The van der Waals surface area contributed by atoms with Gasteiger partial charge in [-0.05, 0) is 101 Å². The van der Waals surface area contributed by atoms with E-state index < -0.39 is 0 Å². The van der Waals surface area contributed by atoms with Crippen LogP contribution in [0.25, 0.3) is 4.85 Å². The summed E-state index contributed by atoms with van der Waals surface area (Å²) in [6.07, 6.45) is 7.69. The third-order valence-corrected chi connectivity index (χ3v) is 7.40. The molecule has 8 heteroatoms. The lowest BCUT2D eigenvalue weighted by atomic mass is 10.0. The number of benzene rings is 2. The number of carbonyl (C=O) groups excluding carboxylic acids is 1. The third kappa shape index (κ3) is 12.2. The number of nitrogens with zero attached hydrogens (tertiary/aromatic N) is 4. The number of esters is 1. The van der Waals surface area contributed by atoms with Crippen molar-refractivity contribution in [2.75, 3.05) is 52.5 Å². The predicted octanol–water partition coefficient (Wildman–Crippen LogP) is 6.24. The Labute approximate surface area is 245 Å². The maximum atomic E-state index is 11.7. The highest BCUT2D eigenvalue weighted by molar-refractivity contribution is 5.69. The molecule has 0 N–H and O–H groups in total. The molecule has 2 aromatic rings. The van der Waals surface area contributed by atoms with Crippen LogP contribution in [0.4, 0.5) is 5.69 Å². The highest BCUT2D eigenvalue weighted by Crippen LogP contribution is 2.20. The molecule has 1 fully saturated rings. The van der Waals surface area contributed by atoms with E-state index >= 15 is 0 Å². The summed E-state index contributed by atoms with van der Waals surface area (Å²) in [5, 5.41) is 8.98. The second kappa shape index (κ2) is 18.7. The molecule has 0 unspecified atom stereocenters. The van der Waals surface area contributed by atoms with Gasteiger partial charge in [0.1, 0.15) is 11.5 Å².